The van der Waals surface area contributed by atoms with E-state index >= 15 is 0 Å². The topological polar surface area (TPSA) is 78.7 Å². The minimum atomic E-state index is -0.0721. The lowest BCUT2D eigenvalue weighted by Crippen LogP contribution is -2.41. The highest BCUT2D eigenvalue weighted by molar-refractivity contribution is 14.0. The Bertz CT molecular complexity index is 630. The molecule has 0 aliphatic rings. The number of carbonyl (C=O) groups is 1. The molecule has 0 bridgehead atoms. The summed E-state index contributed by atoms with van der Waals surface area (Å²) in [6.45, 7) is 4.56. The third kappa shape index (κ3) is 8.06. The normalized spacial score (nSPS) is 10.7. The molecule has 1 heterocycles. The van der Waals surface area contributed by atoms with E-state index in [4.69, 9.17) is 4.42 Å². The number of carbonyl (C=O) groups excluding carboxylic acids is 1. The van der Waals surface area contributed by atoms with Crippen molar-refractivity contribution in [1.29, 1.82) is 0 Å². The van der Waals surface area contributed by atoms with Gasteiger partial charge in [-0.25, -0.2) is 0 Å². The van der Waals surface area contributed by atoms with Crippen molar-refractivity contribution in [3.05, 3.63) is 60.1 Å². The first kappa shape index (κ1) is 21.0. The Balaban J connectivity index is 0.00000312. The highest BCUT2D eigenvalue weighted by atomic mass is 127. The molecule has 7 heteroatoms. The van der Waals surface area contributed by atoms with E-state index in [0.29, 0.717) is 25.2 Å². The number of hydrogen-bond donors (Lipinski definition) is 3. The van der Waals surface area contributed by atoms with Gasteiger partial charge in [0.05, 0.1) is 6.26 Å². The summed E-state index contributed by atoms with van der Waals surface area (Å²) in [5.74, 6) is 1.58. The molecule has 136 valence electrons. The van der Waals surface area contributed by atoms with Crippen LogP contribution >= 0.6 is 24.0 Å². The van der Waals surface area contributed by atoms with Gasteiger partial charge in [-0.1, -0.05) is 18.2 Å². The zero-order chi connectivity index (χ0) is 17.0. The van der Waals surface area contributed by atoms with Crippen LogP contribution in [0.15, 0.2) is 58.1 Å². The Morgan fingerprint density at radius 1 is 1.04 bits per heavy atom. The van der Waals surface area contributed by atoms with E-state index < -0.39 is 0 Å². The van der Waals surface area contributed by atoms with Crippen LogP contribution < -0.4 is 16.0 Å². The van der Waals surface area contributed by atoms with Gasteiger partial charge in [0.15, 0.2) is 5.96 Å². The van der Waals surface area contributed by atoms with Crippen LogP contribution in [0.3, 0.4) is 0 Å². The maximum Gasteiger partial charge on any atom is 0.251 e. The minimum absolute atomic E-state index is 0. The SMILES string of the molecule is CCNC(=NCCc1ccco1)NCCNC(=O)c1ccccc1.I. The van der Waals surface area contributed by atoms with E-state index in [2.05, 4.69) is 20.9 Å². The minimum Gasteiger partial charge on any atom is -0.469 e. The van der Waals surface area contributed by atoms with Crippen LogP contribution in [0.5, 0.6) is 0 Å². The van der Waals surface area contributed by atoms with Crippen LogP contribution in [0.25, 0.3) is 0 Å². The lowest BCUT2D eigenvalue weighted by Gasteiger charge is -2.11. The van der Waals surface area contributed by atoms with Crippen LogP contribution in [-0.2, 0) is 6.42 Å². The summed E-state index contributed by atoms with van der Waals surface area (Å²) >= 11 is 0. The van der Waals surface area contributed by atoms with Crippen LogP contribution in [0.2, 0.25) is 0 Å². The number of guanidine groups is 1. The third-order valence-corrected chi connectivity index (χ3v) is 3.29. The fourth-order valence-corrected chi connectivity index (χ4v) is 2.12. The molecule has 0 saturated carbocycles. The summed E-state index contributed by atoms with van der Waals surface area (Å²) in [7, 11) is 0. The van der Waals surface area contributed by atoms with Gasteiger partial charge in [0.1, 0.15) is 5.76 Å². The average molecular weight is 456 g/mol. The van der Waals surface area contributed by atoms with Gasteiger partial charge >= 0.3 is 0 Å². The highest BCUT2D eigenvalue weighted by Crippen LogP contribution is 2.00. The Hall–Kier alpha value is -2.03. The van der Waals surface area contributed by atoms with E-state index in [9.17, 15) is 4.79 Å². The van der Waals surface area contributed by atoms with Gasteiger partial charge in [0.25, 0.3) is 5.91 Å². The number of hydrogen-bond acceptors (Lipinski definition) is 3. The molecule has 2 aromatic rings. The van der Waals surface area contributed by atoms with Gasteiger partial charge in [-0.3, -0.25) is 9.79 Å². The molecule has 0 radical (unpaired) electrons. The molecule has 0 atom stereocenters. The van der Waals surface area contributed by atoms with E-state index in [0.717, 1.165) is 24.7 Å². The maximum absolute atomic E-state index is 11.9. The van der Waals surface area contributed by atoms with Gasteiger partial charge in [-0.15, -0.1) is 24.0 Å². The summed E-state index contributed by atoms with van der Waals surface area (Å²) in [6.07, 6.45) is 2.42. The molecule has 2 rings (SSSR count). The van der Waals surface area contributed by atoms with Gasteiger partial charge in [-0.2, -0.15) is 0 Å². The second-order valence-electron chi connectivity index (χ2n) is 5.14. The molecular weight excluding hydrogens is 431 g/mol. The quantitative estimate of drug-likeness (QED) is 0.247. The zero-order valence-corrected chi connectivity index (χ0v) is 16.7. The molecule has 25 heavy (non-hydrogen) atoms. The van der Waals surface area contributed by atoms with Crippen molar-refractivity contribution < 1.29 is 9.21 Å². The molecule has 0 aliphatic carbocycles. The number of halogens is 1. The Labute approximate surface area is 165 Å². The zero-order valence-electron chi connectivity index (χ0n) is 14.3. The van der Waals surface area contributed by atoms with Crippen molar-refractivity contribution in [3.8, 4) is 0 Å². The molecule has 6 nitrogen and oxygen atoms in total. The number of rotatable bonds is 8. The largest absolute Gasteiger partial charge is 0.469 e. The van der Waals surface area contributed by atoms with Crippen LogP contribution in [-0.4, -0.2) is 38.0 Å². The first-order chi connectivity index (χ1) is 11.8. The number of furan rings is 1. The van der Waals surface area contributed by atoms with Gasteiger partial charge in [0.2, 0.25) is 0 Å². The van der Waals surface area contributed by atoms with Gasteiger partial charge < -0.3 is 20.4 Å². The lowest BCUT2D eigenvalue weighted by molar-refractivity contribution is 0.0954. The highest BCUT2D eigenvalue weighted by Gasteiger charge is 2.03. The van der Waals surface area contributed by atoms with Crippen molar-refractivity contribution in [2.45, 2.75) is 13.3 Å². The van der Waals surface area contributed by atoms with Crippen molar-refractivity contribution >= 4 is 35.8 Å². The van der Waals surface area contributed by atoms with Crippen LogP contribution in [0, 0.1) is 0 Å². The fraction of sp³-hybridized carbons (Fsp3) is 0.333. The predicted molar refractivity (Wildman–Crippen MR) is 111 cm³/mol. The van der Waals surface area contributed by atoms with Crippen molar-refractivity contribution in [2.75, 3.05) is 26.2 Å². The molecule has 0 spiro atoms. The molecule has 0 unspecified atom stereocenters. The molecule has 0 saturated heterocycles. The predicted octanol–water partition coefficient (Wildman–Crippen LogP) is 2.43. The summed E-state index contributed by atoms with van der Waals surface area (Å²) in [6, 6.07) is 13.0. The third-order valence-electron chi connectivity index (χ3n) is 3.29. The molecule has 1 aromatic carbocycles. The first-order valence-electron chi connectivity index (χ1n) is 8.17. The lowest BCUT2D eigenvalue weighted by atomic mass is 10.2. The first-order valence-corrected chi connectivity index (χ1v) is 8.17. The smallest absolute Gasteiger partial charge is 0.251 e. The van der Waals surface area contributed by atoms with Gasteiger partial charge in [-0.05, 0) is 31.2 Å². The van der Waals surface area contributed by atoms with Crippen molar-refractivity contribution in [3.63, 3.8) is 0 Å². The van der Waals surface area contributed by atoms with Crippen molar-refractivity contribution in [2.24, 2.45) is 4.99 Å². The monoisotopic (exact) mass is 456 g/mol. The second-order valence-corrected chi connectivity index (χ2v) is 5.14. The summed E-state index contributed by atoms with van der Waals surface area (Å²) < 4.78 is 5.28. The molecular formula is C18H25IN4O2. The molecule has 1 amide bonds. The van der Waals surface area contributed by atoms with E-state index in [1.54, 1.807) is 18.4 Å². The maximum atomic E-state index is 11.9. The van der Waals surface area contributed by atoms with E-state index in [1.807, 2.05) is 37.3 Å². The van der Waals surface area contributed by atoms with E-state index in [1.165, 1.54) is 0 Å². The molecule has 3 N–H and O–H groups in total. The summed E-state index contributed by atoms with van der Waals surface area (Å²) in [5, 5.41) is 9.25. The van der Waals surface area contributed by atoms with Crippen molar-refractivity contribution in [1.82, 2.24) is 16.0 Å². The summed E-state index contributed by atoms with van der Waals surface area (Å²) in [5.41, 5.74) is 0.663. The number of amides is 1. The Kier molecular flexibility index (Phi) is 10.4. The Morgan fingerprint density at radius 3 is 2.48 bits per heavy atom. The fourth-order valence-electron chi connectivity index (χ4n) is 2.12. The number of nitrogens with one attached hydrogen (secondary N) is 3. The van der Waals surface area contributed by atoms with Crippen LogP contribution in [0.4, 0.5) is 0 Å². The van der Waals surface area contributed by atoms with E-state index in [-0.39, 0.29) is 29.9 Å². The molecule has 0 aliphatic heterocycles. The summed E-state index contributed by atoms with van der Waals surface area (Å²) in [4.78, 5) is 16.4. The van der Waals surface area contributed by atoms with Crippen LogP contribution in [0.1, 0.15) is 23.0 Å². The molecule has 1 aromatic heterocycles. The second kappa shape index (κ2) is 12.3. The Morgan fingerprint density at radius 2 is 1.80 bits per heavy atom. The van der Waals surface area contributed by atoms with Gasteiger partial charge in [0, 0.05) is 38.2 Å². The molecule has 0 fully saturated rings. The number of aliphatic imine (C=N–C) groups is 1. The number of nitrogens with zero attached hydrogens (tertiary/aromatic N) is 1. The number of benzene rings is 1. The average Bonchev–Trinajstić information content (AvgIpc) is 3.12. The standard InChI is InChI=1S/C18H24N4O2.HI/c1-2-19-18(21-11-10-16-9-6-14-24-16)22-13-12-20-17(23)15-7-4-3-5-8-15;/h3-9,14H,2,10-13H2,1H3,(H,20,23)(H2,19,21,22);1H.